The van der Waals surface area contributed by atoms with E-state index >= 15 is 0 Å². The van der Waals surface area contributed by atoms with Crippen LogP contribution in [0.15, 0.2) is 90.0 Å². The Morgan fingerprint density at radius 2 is 1.39 bits per heavy atom. The van der Waals surface area contributed by atoms with E-state index in [1.165, 1.54) is 11.8 Å². The highest BCUT2D eigenvalue weighted by Gasteiger charge is 2.30. The molecule has 1 aromatic heterocycles. The lowest BCUT2D eigenvalue weighted by atomic mass is 10.1. The molecular weight excluding hydrogens is 402 g/mol. The quantitative estimate of drug-likeness (QED) is 0.382. The highest BCUT2D eigenvalue weighted by atomic mass is 32.2. The molecular formula is C26H23N3OS. The number of rotatable bonds is 5. The van der Waals surface area contributed by atoms with Crippen LogP contribution in [0.25, 0.3) is 22.0 Å². The van der Waals surface area contributed by atoms with Gasteiger partial charge in [-0.25, -0.2) is 0 Å². The summed E-state index contributed by atoms with van der Waals surface area (Å²) < 4.78 is 0. The molecule has 1 amide bonds. The average Bonchev–Trinajstić information content (AvgIpc) is 3.38. The first-order valence-corrected chi connectivity index (χ1v) is 11.5. The molecule has 0 bridgehead atoms. The van der Waals surface area contributed by atoms with Gasteiger partial charge in [-0.3, -0.25) is 4.79 Å². The summed E-state index contributed by atoms with van der Waals surface area (Å²) in [6.45, 7) is 1.67. The van der Waals surface area contributed by atoms with Crippen molar-refractivity contribution >= 4 is 28.4 Å². The number of carbonyl (C=O) groups excluding carboxylic acids is 1. The fourth-order valence-electron chi connectivity index (χ4n) is 4.08. The van der Waals surface area contributed by atoms with E-state index in [4.69, 9.17) is 0 Å². The first-order chi connectivity index (χ1) is 15.3. The molecule has 1 fully saturated rings. The van der Waals surface area contributed by atoms with Crippen LogP contribution in [0.1, 0.15) is 23.7 Å². The number of likely N-dealkylation sites (tertiary alicyclic amines) is 1. The summed E-state index contributed by atoms with van der Waals surface area (Å²) >= 11 is 1.51. The maximum absolute atomic E-state index is 13.4. The second-order valence-electron chi connectivity index (χ2n) is 7.71. The van der Waals surface area contributed by atoms with Crippen molar-refractivity contribution in [2.45, 2.75) is 23.1 Å². The van der Waals surface area contributed by atoms with Crippen molar-refractivity contribution in [1.29, 1.82) is 0 Å². The lowest BCUT2D eigenvalue weighted by Crippen LogP contribution is -2.31. The van der Waals surface area contributed by atoms with Gasteiger partial charge in [-0.2, -0.15) is 0 Å². The Morgan fingerprint density at radius 3 is 2.10 bits per heavy atom. The molecule has 0 N–H and O–H groups in total. The van der Waals surface area contributed by atoms with Gasteiger partial charge < -0.3 is 4.90 Å². The summed E-state index contributed by atoms with van der Waals surface area (Å²) in [7, 11) is 0. The Bertz CT molecular complexity index is 1190. The minimum Gasteiger partial charge on any atom is -0.341 e. The van der Waals surface area contributed by atoms with E-state index in [0.29, 0.717) is 0 Å². The highest BCUT2D eigenvalue weighted by molar-refractivity contribution is 8.00. The average molecular weight is 426 g/mol. The zero-order valence-electron chi connectivity index (χ0n) is 17.1. The number of amides is 1. The second-order valence-corrected chi connectivity index (χ2v) is 8.80. The summed E-state index contributed by atoms with van der Waals surface area (Å²) in [5.41, 5.74) is 2.90. The van der Waals surface area contributed by atoms with Crippen molar-refractivity contribution in [3.8, 4) is 11.3 Å². The van der Waals surface area contributed by atoms with Gasteiger partial charge in [0.2, 0.25) is 5.91 Å². The molecule has 0 radical (unpaired) electrons. The molecule has 4 aromatic rings. The molecule has 2 heterocycles. The van der Waals surface area contributed by atoms with Crippen LogP contribution < -0.4 is 0 Å². The van der Waals surface area contributed by atoms with Gasteiger partial charge in [0.05, 0.1) is 0 Å². The predicted octanol–water partition coefficient (Wildman–Crippen LogP) is 5.75. The van der Waals surface area contributed by atoms with E-state index in [0.717, 1.165) is 58.6 Å². The van der Waals surface area contributed by atoms with Crippen LogP contribution in [0.3, 0.4) is 0 Å². The van der Waals surface area contributed by atoms with Gasteiger partial charge >= 0.3 is 0 Å². The lowest BCUT2D eigenvalue weighted by molar-refractivity contribution is -0.129. The molecule has 5 rings (SSSR count). The van der Waals surface area contributed by atoms with E-state index in [2.05, 4.69) is 22.3 Å². The fourth-order valence-corrected chi connectivity index (χ4v) is 5.24. The van der Waals surface area contributed by atoms with E-state index in [-0.39, 0.29) is 11.2 Å². The monoisotopic (exact) mass is 425 g/mol. The Balaban J connectivity index is 1.57. The molecule has 0 spiro atoms. The second kappa shape index (κ2) is 8.90. The fraction of sp³-hybridized carbons (Fsp3) is 0.192. The molecule has 154 valence electrons. The van der Waals surface area contributed by atoms with Crippen molar-refractivity contribution in [1.82, 2.24) is 15.1 Å². The van der Waals surface area contributed by atoms with Crippen molar-refractivity contribution in [2.24, 2.45) is 0 Å². The van der Waals surface area contributed by atoms with Crippen LogP contribution in [0.4, 0.5) is 0 Å². The molecule has 1 unspecified atom stereocenters. The summed E-state index contributed by atoms with van der Waals surface area (Å²) in [6.07, 6.45) is 2.15. The zero-order valence-corrected chi connectivity index (χ0v) is 18.0. The maximum Gasteiger partial charge on any atom is 0.240 e. The third-order valence-corrected chi connectivity index (χ3v) is 6.91. The van der Waals surface area contributed by atoms with Crippen molar-refractivity contribution in [3.05, 3.63) is 90.5 Å². The minimum absolute atomic E-state index is 0.159. The molecule has 4 nitrogen and oxygen atoms in total. The number of fused-ring (bicyclic) bond motifs is 1. The van der Waals surface area contributed by atoms with E-state index in [1.54, 1.807) is 0 Å². The Hall–Kier alpha value is -3.18. The number of hydrogen-bond acceptors (Lipinski definition) is 4. The van der Waals surface area contributed by atoms with Crippen molar-refractivity contribution in [2.75, 3.05) is 13.1 Å². The number of aromatic nitrogens is 2. The van der Waals surface area contributed by atoms with Gasteiger partial charge in [0, 0.05) is 29.4 Å². The number of thioether (sulfide) groups is 1. The third-order valence-electron chi connectivity index (χ3n) is 5.67. The van der Waals surface area contributed by atoms with Crippen LogP contribution in [0.2, 0.25) is 0 Å². The number of hydrogen-bond donors (Lipinski definition) is 0. The largest absolute Gasteiger partial charge is 0.341 e. The van der Waals surface area contributed by atoms with Crippen molar-refractivity contribution < 1.29 is 4.79 Å². The molecule has 0 aliphatic carbocycles. The number of carbonyl (C=O) groups is 1. The Labute approximate surface area is 186 Å². The summed E-state index contributed by atoms with van der Waals surface area (Å²) in [4.78, 5) is 15.4. The van der Waals surface area contributed by atoms with Gasteiger partial charge in [0.25, 0.3) is 0 Å². The molecule has 1 saturated heterocycles. The smallest absolute Gasteiger partial charge is 0.240 e. The van der Waals surface area contributed by atoms with Crippen molar-refractivity contribution in [3.63, 3.8) is 0 Å². The van der Waals surface area contributed by atoms with E-state index in [1.807, 2.05) is 77.7 Å². The molecule has 0 saturated carbocycles. The number of benzene rings is 3. The van der Waals surface area contributed by atoms with Crippen LogP contribution in [0.5, 0.6) is 0 Å². The standard InChI is InChI=1S/C26H23N3OS/c30-26(29-17-9-10-18-29)24(20-13-5-2-6-14-20)31-25-22-16-8-7-15-21(22)23(27-28-25)19-11-3-1-4-12-19/h1-8,11-16,24H,9-10,17-18H2. The van der Waals surface area contributed by atoms with Crippen LogP contribution >= 0.6 is 11.8 Å². The molecule has 5 heteroatoms. The topological polar surface area (TPSA) is 46.1 Å². The highest BCUT2D eigenvalue weighted by Crippen LogP contribution is 2.40. The maximum atomic E-state index is 13.4. The molecule has 3 aromatic carbocycles. The third kappa shape index (κ3) is 4.06. The Kier molecular flexibility index (Phi) is 5.67. The molecule has 31 heavy (non-hydrogen) atoms. The SMILES string of the molecule is O=C(C(Sc1nnc(-c2ccccc2)c2ccccc12)c1ccccc1)N1CCCC1. The Morgan fingerprint density at radius 1 is 0.774 bits per heavy atom. The van der Waals surface area contributed by atoms with E-state index < -0.39 is 0 Å². The van der Waals surface area contributed by atoms with Gasteiger partial charge in [-0.05, 0) is 18.4 Å². The number of nitrogens with zero attached hydrogens (tertiary/aromatic N) is 3. The predicted molar refractivity (Wildman–Crippen MR) is 126 cm³/mol. The van der Waals surface area contributed by atoms with E-state index in [9.17, 15) is 4.79 Å². The summed E-state index contributed by atoms with van der Waals surface area (Å²) in [6, 6.07) is 28.3. The summed E-state index contributed by atoms with van der Waals surface area (Å²) in [5.74, 6) is 0.159. The molecule has 1 aliphatic heterocycles. The van der Waals surface area contributed by atoms with Gasteiger partial charge in [0.1, 0.15) is 16.0 Å². The first kappa shape index (κ1) is 19.8. The minimum atomic E-state index is -0.334. The normalized spacial score (nSPS) is 14.6. The van der Waals surface area contributed by atoms with Gasteiger partial charge in [-0.1, -0.05) is 96.7 Å². The van der Waals surface area contributed by atoms with Gasteiger partial charge in [0.15, 0.2) is 0 Å². The molecule has 1 atom stereocenters. The zero-order chi connectivity index (χ0) is 21.0. The van der Waals surface area contributed by atoms with Crippen LogP contribution in [-0.4, -0.2) is 34.1 Å². The molecule has 1 aliphatic rings. The lowest BCUT2D eigenvalue weighted by Gasteiger charge is -2.23. The van der Waals surface area contributed by atoms with Crippen LogP contribution in [0, 0.1) is 0 Å². The first-order valence-electron chi connectivity index (χ1n) is 10.6. The summed E-state index contributed by atoms with van der Waals surface area (Å²) in [5, 5.41) is 11.7. The van der Waals surface area contributed by atoms with Gasteiger partial charge in [-0.15, -0.1) is 10.2 Å². The van der Waals surface area contributed by atoms with Crippen LogP contribution in [-0.2, 0) is 4.79 Å².